The molecule has 1 aliphatic heterocycles. The molecule has 0 unspecified atom stereocenters. The van der Waals surface area contributed by atoms with Crippen molar-refractivity contribution in [1.82, 2.24) is 9.97 Å². The molecule has 2 rings (SSSR count). The average Bonchev–Trinajstić information content (AvgIpc) is 2.07. The van der Waals surface area contributed by atoms with Crippen LogP contribution in [0.5, 0.6) is 5.75 Å². The number of likely N-dealkylation sites (N-methyl/N-ethyl adjacent to an activating group) is 1. The van der Waals surface area contributed by atoms with Gasteiger partial charge >= 0.3 is 0 Å². The Balaban J connectivity index is 2.47. The first-order valence-corrected chi connectivity index (χ1v) is 4.01. The van der Waals surface area contributed by atoms with E-state index in [1.807, 2.05) is 11.9 Å². The lowest BCUT2D eigenvalue weighted by Gasteiger charge is -2.25. The van der Waals surface area contributed by atoms with Crippen LogP contribution in [0, 0.1) is 0 Å². The molecule has 0 saturated carbocycles. The molecule has 0 saturated heterocycles. The third kappa shape index (κ3) is 1.18. The van der Waals surface area contributed by atoms with Crippen molar-refractivity contribution < 1.29 is 4.74 Å². The molecule has 64 valence electrons. The number of halogens is 1. The molecular formula is C7H8ClN3O. The quantitative estimate of drug-likeness (QED) is 0.565. The molecule has 0 atom stereocenters. The summed E-state index contributed by atoms with van der Waals surface area (Å²) < 4.78 is 5.32. The number of aromatic nitrogens is 2. The minimum atomic E-state index is 0.256. The highest BCUT2D eigenvalue weighted by atomic mass is 35.5. The first-order valence-electron chi connectivity index (χ1n) is 3.64. The number of anilines is 1. The maximum absolute atomic E-state index is 5.64. The van der Waals surface area contributed by atoms with Crippen molar-refractivity contribution in [2.75, 3.05) is 25.1 Å². The number of fused-ring (bicyclic) bond motifs is 1. The van der Waals surface area contributed by atoms with Gasteiger partial charge < -0.3 is 9.64 Å². The molecule has 0 aliphatic carbocycles. The topological polar surface area (TPSA) is 38.2 Å². The summed E-state index contributed by atoms with van der Waals surface area (Å²) in [7, 11) is 1.95. The Kier molecular flexibility index (Phi) is 1.77. The van der Waals surface area contributed by atoms with E-state index < -0.39 is 0 Å². The standard InChI is InChI=1S/C7H8ClN3O/c1-11-2-3-12-5-4-9-7(8)10-6(5)11/h4H,2-3H2,1H3. The van der Waals surface area contributed by atoms with Gasteiger partial charge in [-0.25, -0.2) is 4.98 Å². The lowest BCUT2D eigenvalue weighted by Crippen LogP contribution is -2.29. The molecule has 0 N–H and O–H groups in total. The van der Waals surface area contributed by atoms with Crippen molar-refractivity contribution in [2.45, 2.75) is 0 Å². The molecule has 0 spiro atoms. The Labute approximate surface area is 75.1 Å². The Morgan fingerprint density at radius 1 is 1.67 bits per heavy atom. The summed E-state index contributed by atoms with van der Waals surface area (Å²) in [5.74, 6) is 1.47. The fourth-order valence-electron chi connectivity index (χ4n) is 1.11. The van der Waals surface area contributed by atoms with Gasteiger partial charge in [0.25, 0.3) is 0 Å². The van der Waals surface area contributed by atoms with Crippen molar-refractivity contribution in [3.05, 3.63) is 11.5 Å². The van der Waals surface area contributed by atoms with Crippen LogP contribution in [-0.4, -0.2) is 30.2 Å². The van der Waals surface area contributed by atoms with Crippen LogP contribution in [0.2, 0.25) is 5.28 Å². The van der Waals surface area contributed by atoms with Crippen LogP contribution in [0.25, 0.3) is 0 Å². The molecule has 0 amide bonds. The van der Waals surface area contributed by atoms with Gasteiger partial charge in [0.1, 0.15) is 6.61 Å². The minimum Gasteiger partial charge on any atom is -0.486 e. The molecule has 0 fully saturated rings. The predicted octanol–water partition coefficient (Wildman–Crippen LogP) is 0.959. The van der Waals surface area contributed by atoms with E-state index in [-0.39, 0.29) is 5.28 Å². The van der Waals surface area contributed by atoms with Gasteiger partial charge in [0.05, 0.1) is 12.7 Å². The van der Waals surface area contributed by atoms with Gasteiger partial charge in [0.15, 0.2) is 11.6 Å². The predicted molar refractivity (Wildman–Crippen MR) is 45.8 cm³/mol. The molecule has 4 nitrogen and oxygen atoms in total. The summed E-state index contributed by atoms with van der Waals surface area (Å²) in [4.78, 5) is 9.87. The van der Waals surface area contributed by atoms with E-state index in [1.54, 1.807) is 6.20 Å². The molecule has 0 bridgehead atoms. The van der Waals surface area contributed by atoms with Crippen molar-refractivity contribution in [3.8, 4) is 5.75 Å². The maximum atomic E-state index is 5.64. The van der Waals surface area contributed by atoms with E-state index in [1.165, 1.54) is 0 Å². The number of nitrogens with zero attached hydrogens (tertiary/aromatic N) is 3. The highest BCUT2D eigenvalue weighted by molar-refractivity contribution is 6.28. The summed E-state index contributed by atoms with van der Waals surface area (Å²) in [5.41, 5.74) is 0. The Bertz CT molecular complexity index is 305. The van der Waals surface area contributed by atoms with Crippen molar-refractivity contribution in [1.29, 1.82) is 0 Å². The maximum Gasteiger partial charge on any atom is 0.224 e. The molecule has 5 heteroatoms. The fraction of sp³-hybridized carbons (Fsp3) is 0.429. The van der Waals surface area contributed by atoms with Gasteiger partial charge in [0, 0.05) is 7.05 Å². The second kappa shape index (κ2) is 2.79. The minimum absolute atomic E-state index is 0.256. The van der Waals surface area contributed by atoms with E-state index >= 15 is 0 Å². The molecule has 12 heavy (non-hydrogen) atoms. The second-order valence-corrected chi connectivity index (χ2v) is 2.93. The van der Waals surface area contributed by atoms with Gasteiger partial charge in [0.2, 0.25) is 5.28 Å². The Morgan fingerprint density at radius 3 is 3.33 bits per heavy atom. The van der Waals surface area contributed by atoms with Crippen LogP contribution in [0.4, 0.5) is 5.82 Å². The largest absolute Gasteiger partial charge is 0.486 e. The summed E-state index contributed by atoms with van der Waals surface area (Å²) in [5, 5.41) is 0.256. The van der Waals surface area contributed by atoms with Crippen LogP contribution in [0.1, 0.15) is 0 Å². The lowest BCUT2D eigenvalue weighted by molar-refractivity contribution is 0.307. The van der Waals surface area contributed by atoms with E-state index in [9.17, 15) is 0 Å². The monoisotopic (exact) mass is 185 g/mol. The summed E-state index contributed by atoms with van der Waals surface area (Å²) >= 11 is 5.64. The van der Waals surface area contributed by atoms with E-state index in [4.69, 9.17) is 16.3 Å². The molecular weight excluding hydrogens is 178 g/mol. The van der Waals surface area contributed by atoms with Crippen molar-refractivity contribution in [3.63, 3.8) is 0 Å². The smallest absolute Gasteiger partial charge is 0.224 e. The van der Waals surface area contributed by atoms with Crippen molar-refractivity contribution in [2.24, 2.45) is 0 Å². The highest BCUT2D eigenvalue weighted by Gasteiger charge is 2.16. The zero-order chi connectivity index (χ0) is 8.55. The number of hydrogen-bond donors (Lipinski definition) is 0. The van der Waals surface area contributed by atoms with Gasteiger partial charge in [-0.1, -0.05) is 0 Å². The Hall–Kier alpha value is -1.03. The molecule has 1 aliphatic rings. The number of hydrogen-bond acceptors (Lipinski definition) is 4. The van der Waals surface area contributed by atoms with Gasteiger partial charge in [-0.15, -0.1) is 0 Å². The van der Waals surface area contributed by atoms with Crippen LogP contribution in [-0.2, 0) is 0 Å². The van der Waals surface area contributed by atoms with Gasteiger partial charge in [-0.05, 0) is 11.6 Å². The van der Waals surface area contributed by atoms with E-state index in [2.05, 4.69) is 9.97 Å². The summed E-state index contributed by atoms with van der Waals surface area (Å²) in [6.45, 7) is 1.51. The van der Waals surface area contributed by atoms with Crippen molar-refractivity contribution >= 4 is 17.4 Å². The van der Waals surface area contributed by atoms with Crippen LogP contribution in [0.3, 0.4) is 0 Å². The average molecular weight is 186 g/mol. The number of rotatable bonds is 0. The first kappa shape index (κ1) is 7.61. The SMILES string of the molecule is CN1CCOc2cnc(Cl)nc21. The molecule has 1 aromatic heterocycles. The third-order valence-corrected chi connectivity index (χ3v) is 1.93. The number of ether oxygens (including phenoxy) is 1. The van der Waals surface area contributed by atoms with Gasteiger partial charge in [-0.2, -0.15) is 4.98 Å². The Morgan fingerprint density at radius 2 is 2.50 bits per heavy atom. The zero-order valence-corrected chi connectivity index (χ0v) is 7.38. The van der Waals surface area contributed by atoms with Crippen LogP contribution in [0.15, 0.2) is 6.20 Å². The summed E-state index contributed by atoms with van der Waals surface area (Å²) in [6.07, 6.45) is 1.60. The highest BCUT2D eigenvalue weighted by Crippen LogP contribution is 2.27. The second-order valence-electron chi connectivity index (χ2n) is 2.60. The zero-order valence-electron chi connectivity index (χ0n) is 6.62. The van der Waals surface area contributed by atoms with E-state index in [0.29, 0.717) is 12.4 Å². The first-order chi connectivity index (χ1) is 5.77. The summed E-state index contributed by atoms with van der Waals surface area (Å²) in [6, 6.07) is 0. The van der Waals surface area contributed by atoms with Crippen LogP contribution >= 0.6 is 11.6 Å². The van der Waals surface area contributed by atoms with E-state index in [0.717, 1.165) is 12.4 Å². The normalized spacial score (nSPS) is 15.3. The fourth-order valence-corrected chi connectivity index (χ4v) is 1.24. The molecule has 1 aromatic rings. The lowest BCUT2D eigenvalue weighted by atomic mass is 10.4. The molecule has 2 heterocycles. The molecule has 0 aromatic carbocycles. The third-order valence-electron chi connectivity index (χ3n) is 1.75. The molecule has 0 radical (unpaired) electrons. The van der Waals surface area contributed by atoms with Gasteiger partial charge in [-0.3, -0.25) is 0 Å². The van der Waals surface area contributed by atoms with Crippen LogP contribution < -0.4 is 9.64 Å².